The van der Waals surface area contributed by atoms with E-state index in [1.165, 1.54) is 12.8 Å². The van der Waals surface area contributed by atoms with Crippen LogP contribution in [0.2, 0.25) is 0 Å². The first kappa shape index (κ1) is 13.4. The molecule has 2 aromatic rings. The van der Waals surface area contributed by atoms with Crippen LogP contribution in [0.3, 0.4) is 0 Å². The van der Waals surface area contributed by atoms with Gasteiger partial charge in [0.05, 0.1) is 6.10 Å². The van der Waals surface area contributed by atoms with Crippen LogP contribution in [-0.2, 0) is 4.74 Å². The van der Waals surface area contributed by atoms with E-state index in [1.54, 1.807) is 12.1 Å². The summed E-state index contributed by atoms with van der Waals surface area (Å²) in [5, 5.41) is 16.1. The fourth-order valence-electron chi connectivity index (χ4n) is 1.60. The minimum atomic E-state index is 0. The lowest BCUT2D eigenvalue weighted by Gasteiger charge is -1.94. The van der Waals surface area contributed by atoms with Crippen LogP contribution in [0.4, 0.5) is 0 Å². The Kier molecular flexibility index (Phi) is 4.86. The highest BCUT2D eigenvalue weighted by Gasteiger charge is 2.07. The van der Waals surface area contributed by atoms with Crippen LogP contribution in [0.5, 0.6) is 0 Å². The molecule has 0 bridgehead atoms. The Morgan fingerprint density at radius 1 is 1.41 bits per heavy atom. The molecule has 1 fully saturated rings. The smallest absolute Gasteiger partial charge is 0.130 e. The van der Waals surface area contributed by atoms with E-state index in [-0.39, 0.29) is 5.48 Å². The van der Waals surface area contributed by atoms with Gasteiger partial charge in [-0.1, -0.05) is 17.0 Å². The number of aromatic nitrogens is 3. The molecule has 1 aromatic carbocycles. The maximum absolute atomic E-state index is 8.95. The highest BCUT2D eigenvalue weighted by molar-refractivity contribution is 5.73. The van der Waals surface area contributed by atoms with Gasteiger partial charge in [-0.25, -0.2) is 0 Å². The molecule has 2 heterocycles. The van der Waals surface area contributed by atoms with Crippen molar-refractivity contribution in [3.63, 3.8) is 0 Å². The zero-order valence-electron chi connectivity index (χ0n) is 9.71. The number of rotatable bonds is 0. The third-order valence-electron chi connectivity index (χ3n) is 2.49. The molecule has 6 heteroatoms. The monoisotopic (exact) mass is 239 g/mol. The van der Waals surface area contributed by atoms with Gasteiger partial charge >= 0.3 is 0 Å². The molecule has 1 atom stereocenters. The number of hydrogen-bond acceptors (Lipinski definition) is 4. The standard InChI is InChI=1S/C6H5N3O.C5H10O.H2O/c10-9-6-4-2-1-3-5(6)7-8-9;1-5-3-2-4-6-5;/h1-4,10H;5H,2-4H2,1H3;1H2. The number of benzene rings is 1. The van der Waals surface area contributed by atoms with Crippen LogP contribution in [-0.4, -0.2) is 38.6 Å². The van der Waals surface area contributed by atoms with Crippen molar-refractivity contribution in [3.05, 3.63) is 24.3 Å². The average Bonchev–Trinajstić information content (AvgIpc) is 2.91. The topological polar surface area (TPSA) is 91.7 Å². The summed E-state index contributed by atoms with van der Waals surface area (Å²) in [5.74, 6) is 0. The molecule has 3 rings (SSSR count). The summed E-state index contributed by atoms with van der Waals surface area (Å²) in [6.07, 6.45) is 3.08. The molecule has 0 amide bonds. The van der Waals surface area contributed by atoms with E-state index in [0.717, 1.165) is 11.5 Å². The van der Waals surface area contributed by atoms with Crippen LogP contribution in [0.1, 0.15) is 19.8 Å². The van der Waals surface area contributed by atoms with E-state index in [2.05, 4.69) is 17.2 Å². The highest BCUT2D eigenvalue weighted by Crippen LogP contribution is 2.09. The fourth-order valence-corrected chi connectivity index (χ4v) is 1.60. The van der Waals surface area contributed by atoms with Crippen LogP contribution in [0, 0.1) is 0 Å². The summed E-state index contributed by atoms with van der Waals surface area (Å²) in [6, 6.07) is 7.19. The van der Waals surface area contributed by atoms with Gasteiger partial charge in [-0.05, 0) is 37.1 Å². The van der Waals surface area contributed by atoms with Crippen LogP contribution in [0.15, 0.2) is 24.3 Å². The van der Waals surface area contributed by atoms with Gasteiger partial charge in [0.2, 0.25) is 0 Å². The van der Waals surface area contributed by atoms with Crippen LogP contribution < -0.4 is 0 Å². The number of fused-ring (bicyclic) bond motifs is 1. The minimum Gasteiger partial charge on any atom is -0.412 e. The van der Waals surface area contributed by atoms with Gasteiger partial charge in [-0.15, -0.1) is 5.10 Å². The van der Waals surface area contributed by atoms with Gasteiger partial charge < -0.3 is 15.4 Å². The molecule has 17 heavy (non-hydrogen) atoms. The molecule has 0 radical (unpaired) electrons. The fraction of sp³-hybridized carbons (Fsp3) is 0.455. The summed E-state index contributed by atoms with van der Waals surface area (Å²) in [5.41, 5.74) is 1.33. The van der Waals surface area contributed by atoms with Crippen molar-refractivity contribution < 1.29 is 15.4 Å². The lowest BCUT2D eigenvalue weighted by molar-refractivity contribution is 0.125. The number of ether oxygens (including phenoxy) is 1. The number of para-hydroxylation sites is 1. The van der Waals surface area contributed by atoms with Crippen LogP contribution >= 0.6 is 0 Å². The SMILES string of the molecule is CC1CCCO1.O.On1nnc2ccccc21. The largest absolute Gasteiger partial charge is 0.412 e. The molecule has 3 N–H and O–H groups in total. The second kappa shape index (κ2) is 6.17. The zero-order chi connectivity index (χ0) is 11.4. The first-order valence-corrected chi connectivity index (χ1v) is 5.38. The lowest BCUT2D eigenvalue weighted by Crippen LogP contribution is -1.94. The molecule has 1 aromatic heterocycles. The Morgan fingerprint density at radius 2 is 2.18 bits per heavy atom. The molecule has 0 aliphatic carbocycles. The second-order valence-electron chi connectivity index (χ2n) is 3.79. The third-order valence-corrected chi connectivity index (χ3v) is 2.49. The van der Waals surface area contributed by atoms with Gasteiger partial charge in [0.25, 0.3) is 0 Å². The van der Waals surface area contributed by atoms with Crippen molar-refractivity contribution in [1.82, 2.24) is 15.2 Å². The van der Waals surface area contributed by atoms with E-state index in [9.17, 15) is 0 Å². The van der Waals surface area contributed by atoms with E-state index >= 15 is 0 Å². The molecule has 0 spiro atoms. The number of nitrogens with zero attached hydrogens (tertiary/aromatic N) is 3. The molecule has 1 aliphatic heterocycles. The molecule has 1 saturated heterocycles. The first-order valence-electron chi connectivity index (χ1n) is 5.38. The van der Waals surface area contributed by atoms with E-state index in [4.69, 9.17) is 9.94 Å². The normalized spacial score (nSPS) is 18.3. The van der Waals surface area contributed by atoms with E-state index in [1.807, 2.05) is 12.1 Å². The summed E-state index contributed by atoms with van der Waals surface area (Å²) in [4.78, 5) is 0.759. The van der Waals surface area contributed by atoms with Crippen molar-refractivity contribution in [2.45, 2.75) is 25.9 Å². The van der Waals surface area contributed by atoms with Crippen molar-refractivity contribution >= 4 is 11.0 Å². The number of hydrogen-bond donors (Lipinski definition) is 1. The van der Waals surface area contributed by atoms with Crippen molar-refractivity contribution in [2.75, 3.05) is 6.61 Å². The Labute approximate surface area is 99.1 Å². The summed E-state index contributed by atoms with van der Waals surface area (Å²) >= 11 is 0. The molecular formula is C11H17N3O3. The summed E-state index contributed by atoms with van der Waals surface area (Å²) in [7, 11) is 0. The average molecular weight is 239 g/mol. The molecule has 6 nitrogen and oxygen atoms in total. The highest BCUT2D eigenvalue weighted by atomic mass is 16.5. The first-order chi connectivity index (χ1) is 7.77. The Hall–Kier alpha value is -1.66. The van der Waals surface area contributed by atoms with E-state index < -0.39 is 0 Å². The maximum atomic E-state index is 8.95. The van der Waals surface area contributed by atoms with Gasteiger partial charge in [-0.2, -0.15) is 0 Å². The summed E-state index contributed by atoms with van der Waals surface area (Å²) < 4.78 is 5.15. The molecular weight excluding hydrogens is 222 g/mol. The Bertz CT molecular complexity index is 452. The van der Waals surface area contributed by atoms with E-state index in [0.29, 0.717) is 17.1 Å². The zero-order valence-corrected chi connectivity index (χ0v) is 9.71. The Balaban J connectivity index is 0.000000180. The molecule has 1 aliphatic rings. The lowest BCUT2D eigenvalue weighted by atomic mass is 10.3. The van der Waals surface area contributed by atoms with Crippen LogP contribution in [0.25, 0.3) is 11.0 Å². The molecule has 0 saturated carbocycles. The quantitative estimate of drug-likeness (QED) is 0.695. The third kappa shape index (κ3) is 3.40. The van der Waals surface area contributed by atoms with Crippen molar-refractivity contribution in [3.8, 4) is 0 Å². The molecule has 94 valence electrons. The second-order valence-corrected chi connectivity index (χ2v) is 3.79. The maximum Gasteiger partial charge on any atom is 0.130 e. The Morgan fingerprint density at radius 3 is 2.71 bits per heavy atom. The van der Waals surface area contributed by atoms with Crippen molar-refractivity contribution in [1.29, 1.82) is 0 Å². The molecule has 1 unspecified atom stereocenters. The van der Waals surface area contributed by atoms with Gasteiger partial charge in [0, 0.05) is 6.61 Å². The predicted molar refractivity (Wildman–Crippen MR) is 63.0 cm³/mol. The van der Waals surface area contributed by atoms with Gasteiger partial charge in [-0.3, -0.25) is 0 Å². The summed E-state index contributed by atoms with van der Waals surface area (Å²) in [6.45, 7) is 3.11. The van der Waals surface area contributed by atoms with Gasteiger partial charge in [0.15, 0.2) is 0 Å². The van der Waals surface area contributed by atoms with Gasteiger partial charge in [0.1, 0.15) is 11.0 Å². The van der Waals surface area contributed by atoms with Crippen molar-refractivity contribution in [2.24, 2.45) is 0 Å². The predicted octanol–water partition coefficient (Wildman–Crippen LogP) is 1.03. The minimum absolute atomic E-state index is 0.